The second-order valence-electron chi connectivity index (χ2n) is 6.04. The summed E-state index contributed by atoms with van der Waals surface area (Å²) in [5.74, 6) is 2.34. The van der Waals surface area contributed by atoms with Gasteiger partial charge < -0.3 is 20.5 Å². The van der Waals surface area contributed by atoms with Gasteiger partial charge in [-0.15, -0.1) is 0 Å². The normalized spacial score (nSPS) is 18.1. The summed E-state index contributed by atoms with van der Waals surface area (Å²) in [6, 6.07) is 11.6. The second-order valence-corrected chi connectivity index (χ2v) is 6.04. The third-order valence-electron chi connectivity index (χ3n) is 3.90. The number of anilines is 1. The Morgan fingerprint density at radius 2 is 2.26 bits per heavy atom. The monoisotopic (exact) mass is 316 g/mol. The fourth-order valence-corrected chi connectivity index (χ4v) is 2.74. The third-order valence-corrected chi connectivity index (χ3v) is 3.90. The zero-order valence-electron chi connectivity index (χ0n) is 13.4. The number of nitrogens with zero attached hydrogens (tertiary/aromatic N) is 2. The minimum atomic E-state index is -0.519. The minimum absolute atomic E-state index is 0.294. The Labute approximate surface area is 136 Å². The van der Waals surface area contributed by atoms with Crippen molar-refractivity contribution >= 4 is 5.82 Å². The number of aliphatic hydroxyl groups is 1. The summed E-state index contributed by atoms with van der Waals surface area (Å²) in [5.41, 5.74) is 1.04. The Balaban J connectivity index is 1.35. The summed E-state index contributed by atoms with van der Waals surface area (Å²) < 4.78 is 7.56. The van der Waals surface area contributed by atoms with E-state index in [1.165, 1.54) is 0 Å². The van der Waals surface area contributed by atoms with Crippen molar-refractivity contribution in [3.05, 3.63) is 42.1 Å². The van der Waals surface area contributed by atoms with Gasteiger partial charge in [0.05, 0.1) is 5.69 Å². The molecule has 6 nitrogen and oxygen atoms in total. The number of rotatable bonds is 7. The molecule has 2 atom stereocenters. The molecule has 0 bridgehead atoms. The number of aromatic nitrogens is 2. The molecule has 2 heterocycles. The van der Waals surface area contributed by atoms with E-state index in [0.717, 1.165) is 36.9 Å². The summed E-state index contributed by atoms with van der Waals surface area (Å²) in [7, 11) is 0. The van der Waals surface area contributed by atoms with Crippen LogP contribution in [0.4, 0.5) is 5.82 Å². The van der Waals surface area contributed by atoms with Crippen LogP contribution < -0.4 is 15.4 Å². The first-order valence-corrected chi connectivity index (χ1v) is 8.05. The van der Waals surface area contributed by atoms with Gasteiger partial charge in [0.15, 0.2) is 0 Å². The fourth-order valence-electron chi connectivity index (χ4n) is 2.74. The van der Waals surface area contributed by atoms with Crippen LogP contribution in [0, 0.1) is 12.8 Å². The van der Waals surface area contributed by atoms with E-state index in [1.807, 2.05) is 41.9 Å². The lowest BCUT2D eigenvalue weighted by atomic mass is 10.1. The lowest BCUT2D eigenvalue weighted by molar-refractivity contribution is 0.105. The number of aryl methyl sites for hydroxylation is 1. The lowest BCUT2D eigenvalue weighted by Gasteiger charge is -2.25. The van der Waals surface area contributed by atoms with Crippen molar-refractivity contribution < 1.29 is 9.84 Å². The summed E-state index contributed by atoms with van der Waals surface area (Å²) in [5, 5.41) is 21.2. The largest absolute Gasteiger partial charge is 0.491 e. The van der Waals surface area contributed by atoms with Crippen LogP contribution in [0.25, 0.3) is 0 Å². The quantitative estimate of drug-likeness (QED) is 0.717. The molecular formula is C17H24N4O2. The number of hydrogen-bond donors (Lipinski definition) is 3. The Morgan fingerprint density at radius 3 is 3.09 bits per heavy atom. The molecule has 0 saturated carbocycles. The molecule has 0 saturated heterocycles. The summed E-state index contributed by atoms with van der Waals surface area (Å²) in [6.07, 6.45) is -0.519. The number of para-hydroxylation sites is 1. The standard InChI is InChI=1S/C17H24N4O2/c1-13-7-17-19-9-14(11-21(17)20-13)8-18-10-15(22)12-23-16-5-3-2-4-6-16/h2-7,14-15,18-19,22H,8-12H2,1H3/t14-,15-/m0/s1. The molecule has 0 unspecified atom stereocenters. The SMILES string of the molecule is Cc1cc2n(n1)C[C@@H](CNC[C@H](O)COc1ccccc1)CN2. The molecule has 1 aromatic carbocycles. The van der Waals surface area contributed by atoms with Crippen molar-refractivity contribution in [2.45, 2.75) is 19.6 Å². The Morgan fingerprint density at radius 1 is 1.43 bits per heavy atom. The highest BCUT2D eigenvalue weighted by Gasteiger charge is 2.19. The van der Waals surface area contributed by atoms with E-state index in [2.05, 4.69) is 21.8 Å². The first kappa shape index (κ1) is 15.8. The summed E-state index contributed by atoms with van der Waals surface area (Å²) >= 11 is 0. The second kappa shape index (κ2) is 7.48. The number of ether oxygens (including phenoxy) is 1. The maximum atomic E-state index is 9.98. The van der Waals surface area contributed by atoms with E-state index in [0.29, 0.717) is 19.1 Å². The molecule has 6 heteroatoms. The topological polar surface area (TPSA) is 71.3 Å². The van der Waals surface area contributed by atoms with Crippen LogP contribution in [-0.4, -0.2) is 47.2 Å². The number of fused-ring (bicyclic) bond motifs is 1. The average Bonchev–Trinajstić information content (AvgIpc) is 2.93. The molecule has 0 spiro atoms. The van der Waals surface area contributed by atoms with Crippen LogP contribution in [0.3, 0.4) is 0 Å². The number of aliphatic hydroxyl groups excluding tert-OH is 1. The molecule has 124 valence electrons. The predicted molar refractivity (Wildman–Crippen MR) is 89.8 cm³/mol. The fraction of sp³-hybridized carbons (Fsp3) is 0.471. The zero-order chi connectivity index (χ0) is 16.1. The molecule has 23 heavy (non-hydrogen) atoms. The van der Waals surface area contributed by atoms with Crippen molar-refractivity contribution in [3.8, 4) is 5.75 Å². The van der Waals surface area contributed by atoms with Crippen molar-refractivity contribution in [1.29, 1.82) is 0 Å². The van der Waals surface area contributed by atoms with Gasteiger partial charge in [-0.05, 0) is 19.1 Å². The molecule has 0 aliphatic carbocycles. The highest BCUT2D eigenvalue weighted by Crippen LogP contribution is 2.17. The third kappa shape index (κ3) is 4.46. The van der Waals surface area contributed by atoms with Crippen molar-refractivity contribution in [2.24, 2.45) is 5.92 Å². The van der Waals surface area contributed by atoms with E-state index in [1.54, 1.807) is 0 Å². The molecule has 3 rings (SSSR count). The van der Waals surface area contributed by atoms with E-state index >= 15 is 0 Å². The Kier molecular flexibility index (Phi) is 5.15. The van der Waals surface area contributed by atoms with Gasteiger partial charge in [-0.2, -0.15) is 5.10 Å². The maximum absolute atomic E-state index is 9.98. The van der Waals surface area contributed by atoms with E-state index < -0.39 is 6.10 Å². The van der Waals surface area contributed by atoms with Crippen molar-refractivity contribution in [3.63, 3.8) is 0 Å². The predicted octanol–water partition coefficient (Wildman–Crippen LogP) is 1.26. The molecule has 0 amide bonds. The average molecular weight is 316 g/mol. The zero-order valence-corrected chi connectivity index (χ0v) is 13.4. The molecule has 1 aliphatic rings. The molecule has 1 aromatic heterocycles. The van der Waals surface area contributed by atoms with Crippen LogP contribution in [0.2, 0.25) is 0 Å². The molecule has 0 radical (unpaired) electrons. The van der Waals surface area contributed by atoms with Gasteiger partial charge in [0.1, 0.15) is 24.3 Å². The highest BCUT2D eigenvalue weighted by atomic mass is 16.5. The molecule has 2 aromatic rings. The van der Waals surface area contributed by atoms with Gasteiger partial charge in [0.2, 0.25) is 0 Å². The van der Waals surface area contributed by atoms with Crippen molar-refractivity contribution in [2.75, 3.05) is 31.6 Å². The minimum Gasteiger partial charge on any atom is -0.491 e. The highest BCUT2D eigenvalue weighted by molar-refractivity contribution is 5.38. The molecule has 3 N–H and O–H groups in total. The smallest absolute Gasteiger partial charge is 0.124 e. The van der Waals surface area contributed by atoms with Crippen LogP contribution >= 0.6 is 0 Å². The van der Waals surface area contributed by atoms with Gasteiger partial charge >= 0.3 is 0 Å². The van der Waals surface area contributed by atoms with E-state index in [4.69, 9.17) is 4.74 Å². The maximum Gasteiger partial charge on any atom is 0.124 e. The number of benzene rings is 1. The van der Waals surface area contributed by atoms with Gasteiger partial charge in [-0.25, -0.2) is 4.68 Å². The molecule has 0 fully saturated rings. The van der Waals surface area contributed by atoms with Crippen LogP contribution in [0.5, 0.6) is 5.75 Å². The summed E-state index contributed by atoms with van der Waals surface area (Å²) in [4.78, 5) is 0. The molecule has 1 aliphatic heterocycles. The van der Waals surface area contributed by atoms with Crippen molar-refractivity contribution in [1.82, 2.24) is 15.1 Å². The van der Waals surface area contributed by atoms with E-state index in [-0.39, 0.29) is 0 Å². The molecular weight excluding hydrogens is 292 g/mol. The first-order valence-electron chi connectivity index (χ1n) is 8.05. The number of nitrogens with one attached hydrogen (secondary N) is 2. The van der Waals surface area contributed by atoms with E-state index in [9.17, 15) is 5.11 Å². The van der Waals surface area contributed by atoms with Gasteiger partial charge in [-0.3, -0.25) is 0 Å². The number of hydrogen-bond acceptors (Lipinski definition) is 5. The van der Waals surface area contributed by atoms with Crippen LogP contribution in [0.15, 0.2) is 36.4 Å². The Hall–Kier alpha value is -2.05. The Bertz CT molecular complexity index is 614. The summed E-state index contributed by atoms with van der Waals surface area (Å²) in [6.45, 7) is 5.49. The van der Waals surface area contributed by atoms with Gasteiger partial charge in [0, 0.05) is 38.2 Å². The van der Waals surface area contributed by atoms with Crippen LogP contribution in [-0.2, 0) is 6.54 Å². The first-order chi connectivity index (χ1) is 11.2. The lowest BCUT2D eigenvalue weighted by Crippen LogP contribution is -2.39. The van der Waals surface area contributed by atoms with Gasteiger partial charge in [0.25, 0.3) is 0 Å². The van der Waals surface area contributed by atoms with Crippen LogP contribution in [0.1, 0.15) is 5.69 Å². The van der Waals surface area contributed by atoms with Gasteiger partial charge in [-0.1, -0.05) is 18.2 Å².